The van der Waals surface area contributed by atoms with E-state index in [2.05, 4.69) is 15.3 Å². The van der Waals surface area contributed by atoms with E-state index >= 15 is 0 Å². The summed E-state index contributed by atoms with van der Waals surface area (Å²) in [6, 6.07) is 6.00. The smallest absolute Gasteiger partial charge is 0.350 e. The first-order valence-electron chi connectivity index (χ1n) is 8.08. The number of aryl methyl sites for hydroxylation is 2. The van der Waals surface area contributed by atoms with Crippen molar-refractivity contribution in [3.05, 3.63) is 51.4 Å². The number of ether oxygens (including phenoxy) is 1. The van der Waals surface area contributed by atoms with Crippen molar-refractivity contribution in [2.24, 2.45) is 0 Å². The lowest BCUT2D eigenvalue weighted by Crippen LogP contribution is -2.13. The highest BCUT2D eigenvalue weighted by molar-refractivity contribution is 7.17. The van der Waals surface area contributed by atoms with Crippen molar-refractivity contribution in [3.8, 4) is 10.4 Å². The van der Waals surface area contributed by atoms with E-state index in [1.54, 1.807) is 32.9 Å². The van der Waals surface area contributed by atoms with Crippen LogP contribution in [0, 0.1) is 19.7 Å². The van der Waals surface area contributed by atoms with E-state index in [4.69, 9.17) is 4.74 Å². The number of rotatable bonds is 5. The molecule has 6 nitrogen and oxygen atoms in total. The summed E-state index contributed by atoms with van der Waals surface area (Å²) < 4.78 is 18.5. The molecule has 1 N–H and O–H groups in total. The van der Waals surface area contributed by atoms with Crippen LogP contribution in [0.4, 0.5) is 9.52 Å². The lowest BCUT2D eigenvalue weighted by atomic mass is 10.1. The van der Waals surface area contributed by atoms with Crippen LogP contribution >= 0.6 is 22.7 Å². The molecule has 0 atom stereocenters. The van der Waals surface area contributed by atoms with Gasteiger partial charge in [-0.1, -0.05) is 23.5 Å². The summed E-state index contributed by atoms with van der Waals surface area (Å²) in [6.45, 7) is 5.42. The molecule has 3 aromatic rings. The second-order valence-corrected chi connectivity index (χ2v) is 7.73. The number of benzene rings is 1. The van der Waals surface area contributed by atoms with Crippen LogP contribution in [-0.2, 0) is 4.74 Å². The molecule has 140 valence electrons. The number of nitrogens with one attached hydrogen (secondary N) is 1. The minimum absolute atomic E-state index is 0.189. The molecule has 9 heteroatoms. The molecule has 0 spiro atoms. The van der Waals surface area contributed by atoms with E-state index in [1.165, 1.54) is 23.5 Å². The van der Waals surface area contributed by atoms with Crippen LogP contribution in [-0.4, -0.2) is 28.5 Å². The number of halogens is 1. The number of nitrogens with zero attached hydrogens (tertiary/aromatic N) is 2. The van der Waals surface area contributed by atoms with E-state index in [-0.39, 0.29) is 23.2 Å². The maximum Gasteiger partial charge on any atom is 0.350 e. The summed E-state index contributed by atoms with van der Waals surface area (Å²) in [4.78, 5) is 34.0. The monoisotopic (exact) mass is 405 g/mol. The summed E-state index contributed by atoms with van der Waals surface area (Å²) in [6.07, 6.45) is 0. The van der Waals surface area contributed by atoms with Gasteiger partial charge in [0.15, 0.2) is 5.13 Å². The number of carbonyl (C=O) groups is 2. The summed E-state index contributed by atoms with van der Waals surface area (Å²) in [5.41, 5.74) is 1.25. The molecule has 27 heavy (non-hydrogen) atoms. The van der Waals surface area contributed by atoms with Gasteiger partial charge in [0.2, 0.25) is 0 Å². The van der Waals surface area contributed by atoms with E-state index in [0.29, 0.717) is 26.0 Å². The van der Waals surface area contributed by atoms with Gasteiger partial charge in [0.1, 0.15) is 16.4 Å². The number of thiazole rings is 2. The predicted molar refractivity (Wildman–Crippen MR) is 103 cm³/mol. The van der Waals surface area contributed by atoms with E-state index < -0.39 is 11.9 Å². The molecule has 2 heterocycles. The van der Waals surface area contributed by atoms with Crippen LogP contribution < -0.4 is 5.32 Å². The fraction of sp³-hybridized carbons (Fsp3) is 0.222. The zero-order chi connectivity index (χ0) is 19.6. The number of esters is 1. The Morgan fingerprint density at radius 2 is 2.00 bits per heavy atom. The van der Waals surface area contributed by atoms with Crippen LogP contribution in [0.2, 0.25) is 0 Å². The SMILES string of the molecule is CCOC(=O)c1sc(NC(=O)c2nc(C)sc2-c2cccc(F)c2)nc1C. The third-order valence-corrected chi connectivity index (χ3v) is 5.59. The zero-order valence-corrected chi connectivity index (χ0v) is 16.5. The van der Waals surface area contributed by atoms with Gasteiger partial charge in [-0.3, -0.25) is 10.1 Å². The summed E-state index contributed by atoms with van der Waals surface area (Å²) in [5, 5.41) is 3.62. The van der Waals surface area contributed by atoms with Gasteiger partial charge in [0, 0.05) is 0 Å². The molecule has 0 aliphatic rings. The number of amides is 1. The molecular weight excluding hydrogens is 389 g/mol. The van der Waals surface area contributed by atoms with Crippen molar-refractivity contribution in [2.75, 3.05) is 11.9 Å². The second kappa shape index (κ2) is 7.93. The number of aromatic nitrogens is 2. The third kappa shape index (κ3) is 4.20. The van der Waals surface area contributed by atoms with E-state index in [1.807, 2.05) is 0 Å². The molecule has 0 bridgehead atoms. The lowest BCUT2D eigenvalue weighted by molar-refractivity contribution is 0.0531. The highest BCUT2D eigenvalue weighted by atomic mass is 32.1. The molecule has 1 amide bonds. The second-order valence-electron chi connectivity index (χ2n) is 5.53. The van der Waals surface area contributed by atoms with Crippen LogP contribution in [0.15, 0.2) is 24.3 Å². The van der Waals surface area contributed by atoms with Crippen molar-refractivity contribution in [3.63, 3.8) is 0 Å². The molecule has 0 radical (unpaired) electrons. The van der Waals surface area contributed by atoms with Gasteiger partial charge >= 0.3 is 5.97 Å². The molecular formula is C18H16FN3O3S2. The number of hydrogen-bond donors (Lipinski definition) is 1. The van der Waals surface area contributed by atoms with Gasteiger partial charge < -0.3 is 4.74 Å². The molecule has 0 aliphatic carbocycles. The molecule has 3 rings (SSSR count). The standard InChI is InChI=1S/C18H16FN3O3S2/c1-4-25-17(24)14-9(2)20-18(27-14)22-16(23)13-15(26-10(3)21-13)11-6-5-7-12(19)8-11/h5-8H,4H2,1-3H3,(H,20,22,23). The minimum Gasteiger partial charge on any atom is -0.462 e. The van der Waals surface area contributed by atoms with Crippen LogP contribution in [0.5, 0.6) is 0 Å². The Morgan fingerprint density at radius 1 is 1.22 bits per heavy atom. The first kappa shape index (κ1) is 19.1. The van der Waals surface area contributed by atoms with Crippen LogP contribution in [0.25, 0.3) is 10.4 Å². The maximum absolute atomic E-state index is 13.6. The Balaban J connectivity index is 1.88. The Kier molecular flexibility index (Phi) is 5.62. The highest BCUT2D eigenvalue weighted by Crippen LogP contribution is 2.32. The maximum atomic E-state index is 13.6. The van der Waals surface area contributed by atoms with Crippen molar-refractivity contribution in [1.29, 1.82) is 0 Å². The normalized spacial score (nSPS) is 10.7. The van der Waals surface area contributed by atoms with Gasteiger partial charge in [0.05, 0.1) is 22.2 Å². The highest BCUT2D eigenvalue weighted by Gasteiger charge is 2.22. The Hall–Kier alpha value is -2.65. The topological polar surface area (TPSA) is 81.2 Å². The largest absolute Gasteiger partial charge is 0.462 e. The fourth-order valence-electron chi connectivity index (χ4n) is 2.40. The average Bonchev–Trinajstić information content (AvgIpc) is 3.18. The van der Waals surface area contributed by atoms with Gasteiger partial charge in [0.25, 0.3) is 5.91 Å². The Bertz CT molecular complexity index is 1010. The van der Waals surface area contributed by atoms with Crippen LogP contribution in [0.1, 0.15) is 37.8 Å². The Morgan fingerprint density at radius 3 is 2.70 bits per heavy atom. The van der Waals surface area contributed by atoms with Gasteiger partial charge in [-0.25, -0.2) is 19.2 Å². The first-order chi connectivity index (χ1) is 12.9. The Labute approximate surface area is 163 Å². The van der Waals surface area contributed by atoms with Crippen LogP contribution in [0.3, 0.4) is 0 Å². The van der Waals surface area contributed by atoms with Gasteiger partial charge in [-0.2, -0.15) is 0 Å². The summed E-state index contributed by atoms with van der Waals surface area (Å²) in [5.74, 6) is -1.33. The third-order valence-electron chi connectivity index (χ3n) is 3.51. The molecule has 2 aromatic heterocycles. The molecule has 0 unspecified atom stereocenters. The average molecular weight is 405 g/mol. The molecule has 0 aliphatic heterocycles. The molecule has 1 aromatic carbocycles. The quantitative estimate of drug-likeness (QED) is 0.634. The fourth-order valence-corrected chi connectivity index (χ4v) is 4.17. The van der Waals surface area contributed by atoms with Crippen molar-refractivity contribution in [2.45, 2.75) is 20.8 Å². The minimum atomic E-state index is -0.474. The number of carbonyl (C=O) groups excluding carboxylic acids is 2. The molecule has 0 saturated heterocycles. The predicted octanol–water partition coefficient (Wildman–Crippen LogP) is 4.45. The summed E-state index contributed by atoms with van der Waals surface area (Å²) >= 11 is 2.34. The van der Waals surface area contributed by atoms with Crippen molar-refractivity contribution >= 4 is 39.7 Å². The van der Waals surface area contributed by atoms with E-state index in [9.17, 15) is 14.0 Å². The summed E-state index contributed by atoms with van der Waals surface area (Å²) in [7, 11) is 0. The number of hydrogen-bond acceptors (Lipinski definition) is 7. The van der Waals surface area contributed by atoms with Gasteiger partial charge in [-0.05, 0) is 38.5 Å². The molecule has 0 fully saturated rings. The zero-order valence-electron chi connectivity index (χ0n) is 14.8. The lowest BCUT2D eigenvalue weighted by Gasteiger charge is -2.03. The molecule has 0 saturated carbocycles. The van der Waals surface area contributed by atoms with Crippen molar-refractivity contribution < 1.29 is 18.7 Å². The van der Waals surface area contributed by atoms with Gasteiger partial charge in [-0.15, -0.1) is 11.3 Å². The first-order valence-corrected chi connectivity index (χ1v) is 9.71. The number of anilines is 1. The van der Waals surface area contributed by atoms with E-state index in [0.717, 1.165) is 11.3 Å². The van der Waals surface area contributed by atoms with Crippen molar-refractivity contribution in [1.82, 2.24) is 9.97 Å².